The van der Waals surface area contributed by atoms with Gasteiger partial charge in [-0.3, -0.25) is 0 Å². The van der Waals surface area contributed by atoms with E-state index in [0.717, 1.165) is 25.9 Å². The standard InChI is InChI=1S/C13H23N3O4/c1-16-6-7-20-10(9-16)8-14-12(19)15-13(11(17)18)4-2-3-5-13/h10H,2-9H2,1H3,(H,17,18)(H2,14,15,19). The minimum Gasteiger partial charge on any atom is -0.480 e. The molecule has 0 aromatic rings. The maximum Gasteiger partial charge on any atom is 0.329 e. The lowest BCUT2D eigenvalue weighted by Gasteiger charge is -2.31. The predicted octanol–water partition coefficient (Wildman–Crippen LogP) is 0.0136. The SMILES string of the molecule is CN1CCOC(CNC(=O)NC2(C(=O)O)CCCC2)C1. The van der Waals surface area contributed by atoms with Gasteiger partial charge < -0.3 is 25.4 Å². The van der Waals surface area contributed by atoms with E-state index >= 15 is 0 Å². The van der Waals surface area contributed by atoms with Gasteiger partial charge in [0.2, 0.25) is 0 Å². The van der Waals surface area contributed by atoms with Gasteiger partial charge >= 0.3 is 12.0 Å². The Morgan fingerprint density at radius 2 is 2.10 bits per heavy atom. The third-order valence-electron chi connectivity index (χ3n) is 4.05. The predicted molar refractivity (Wildman–Crippen MR) is 72.6 cm³/mol. The zero-order valence-electron chi connectivity index (χ0n) is 11.9. The lowest BCUT2D eigenvalue weighted by Crippen LogP contribution is -2.57. The van der Waals surface area contributed by atoms with E-state index in [2.05, 4.69) is 15.5 Å². The summed E-state index contributed by atoms with van der Waals surface area (Å²) in [5.41, 5.74) is -1.09. The van der Waals surface area contributed by atoms with Crippen molar-refractivity contribution in [2.45, 2.75) is 37.3 Å². The summed E-state index contributed by atoms with van der Waals surface area (Å²) in [6.07, 6.45) is 2.63. The molecule has 2 aliphatic rings. The number of ether oxygens (including phenoxy) is 1. The maximum absolute atomic E-state index is 11.9. The number of hydrogen-bond acceptors (Lipinski definition) is 4. The molecule has 1 saturated carbocycles. The van der Waals surface area contributed by atoms with Gasteiger partial charge in [-0.2, -0.15) is 0 Å². The molecule has 3 N–H and O–H groups in total. The zero-order chi connectivity index (χ0) is 14.6. The zero-order valence-corrected chi connectivity index (χ0v) is 11.9. The van der Waals surface area contributed by atoms with Crippen LogP contribution >= 0.6 is 0 Å². The fourth-order valence-electron chi connectivity index (χ4n) is 2.83. The minimum atomic E-state index is -1.09. The third-order valence-corrected chi connectivity index (χ3v) is 4.05. The van der Waals surface area contributed by atoms with E-state index in [-0.39, 0.29) is 6.10 Å². The molecule has 2 amide bonds. The number of aliphatic carboxylic acids is 1. The molecule has 0 aromatic heterocycles. The summed E-state index contributed by atoms with van der Waals surface area (Å²) in [5, 5.41) is 14.6. The summed E-state index contributed by atoms with van der Waals surface area (Å²) in [6.45, 7) is 2.71. The van der Waals surface area contributed by atoms with E-state index < -0.39 is 17.5 Å². The summed E-state index contributed by atoms with van der Waals surface area (Å²) in [4.78, 5) is 25.4. The number of nitrogens with one attached hydrogen (secondary N) is 2. The van der Waals surface area contributed by atoms with Gasteiger partial charge in [0.15, 0.2) is 0 Å². The summed E-state index contributed by atoms with van der Waals surface area (Å²) in [6, 6.07) is -0.425. The summed E-state index contributed by atoms with van der Waals surface area (Å²) < 4.78 is 5.54. The lowest BCUT2D eigenvalue weighted by atomic mass is 9.98. The van der Waals surface area contributed by atoms with Gasteiger partial charge in [0.25, 0.3) is 0 Å². The molecule has 0 spiro atoms. The van der Waals surface area contributed by atoms with Crippen LogP contribution in [0, 0.1) is 0 Å². The summed E-state index contributed by atoms with van der Waals surface area (Å²) in [7, 11) is 2.01. The largest absolute Gasteiger partial charge is 0.480 e. The number of likely N-dealkylation sites (N-methyl/N-ethyl adjacent to an activating group) is 1. The second kappa shape index (κ2) is 6.41. The Labute approximate surface area is 118 Å². The van der Waals surface area contributed by atoms with E-state index in [0.29, 0.717) is 26.0 Å². The number of rotatable bonds is 4. The van der Waals surface area contributed by atoms with E-state index in [4.69, 9.17) is 4.74 Å². The lowest BCUT2D eigenvalue weighted by molar-refractivity contribution is -0.144. The number of carboxylic acids is 1. The Balaban J connectivity index is 1.78. The molecule has 1 atom stereocenters. The first-order valence-electron chi connectivity index (χ1n) is 7.11. The molecule has 1 heterocycles. The van der Waals surface area contributed by atoms with Crippen molar-refractivity contribution in [2.75, 3.05) is 33.3 Å². The van der Waals surface area contributed by atoms with Crippen molar-refractivity contribution < 1.29 is 19.4 Å². The van der Waals surface area contributed by atoms with Crippen LogP contribution < -0.4 is 10.6 Å². The molecule has 0 aromatic carbocycles. The summed E-state index contributed by atoms with van der Waals surface area (Å²) in [5.74, 6) is -0.946. The Bertz CT molecular complexity index is 369. The Kier molecular flexibility index (Phi) is 4.82. The van der Waals surface area contributed by atoms with Gasteiger partial charge in [-0.1, -0.05) is 12.8 Å². The van der Waals surface area contributed by atoms with Crippen molar-refractivity contribution in [3.05, 3.63) is 0 Å². The number of carboxylic acid groups (broad SMARTS) is 1. The van der Waals surface area contributed by atoms with Crippen molar-refractivity contribution in [3.63, 3.8) is 0 Å². The van der Waals surface area contributed by atoms with Crippen LogP contribution in [-0.4, -0.2) is 66.9 Å². The van der Waals surface area contributed by atoms with Crippen molar-refractivity contribution in [1.82, 2.24) is 15.5 Å². The van der Waals surface area contributed by atoms with Gasteiger partial charge in [-0.25, -0.2) is 9.59 Å². The van der Waals surface area contributed by atoms with Gasteiger partial charge in [0.1, 0.15) is 5.54 Å². The highest BCUT2D eigenvalue weighted by Gasteiger charge is 2.42. The first-order valence-corrected chi connectivity index (χ1v) is 7.11. The topological polar surface area (TPSA) is 90.9 Å². The molecule has 2 rings (SSSR count). The molecular weight excluding hydrogens is 262 g/mol. The smallest absolute Gasteiger partial charge is 0.329 e. The van der Waals surface area contributed by atoms with Crippen LogP contribution in [-0.2, 0) is 9.53 Å². The number of morpholine rings is 1. The quantitative estimate of drug-likeness (QED) is 0.677. The first kappa shape index (κ1) is 15.1. The maximum atomic E-state index is 11.9. The molecule has 1 saturated heterocycles. The molecule has 1 unspecified atom stereocenters. The van der Waals surface area contributed by atoms with E-state index in [1.165, 1.54) is 0 Å². The highest BCUT2D eigenvalue weighted by atomic mass is 16.5. The number of carbonyl (C=O) groups is 2. The number of carbonyl (C=O) groups excluding carboxylic acids is 1. The molecule has 1 aliphatic carbocycles. The van der Waals surface area contributed by atoms with Crippen LogP contribution in [0.1, 0.15) is 25.7 Å². The second-order valence-corrected chi connectivity index (χ2v) is 5.68. The number of amides is 2. The van der Waals surface area contributed by atoms with Crippen molar-refractivity contribution in [3.8, 4) is 0 Å². The van der Waals surface area contributed by atoms with E-state index in [1.54, 1.807) is 0 Å². The average molecular weight is 285 g/mol. The highest BCUT2D eigenvalue weighted by molar-refractivity contribution is 5.86. The van der Waals surface area contributed by atoms with Crippen molar-refractivity contribution in [2.24, 2.45) is 0 Å². The van der Waals surface area contributed by atoms with Gasteiger partial charge in [0, 0.05) is 19.6 Å². The molecule has 7 nitrogen and oxygen atoms in total. The molecule has 20 heavy (non-hydrogen) atoms. The molecule has 114 valence electrons. The normalized spacial score (nSPS) is 26.1. The number of hydrogen-bond donors (Lipinski definition) is 3. The summed E-state index contributed by atoms with van der Waals surface area (Å²) >= 11 is 0. The molecular formula is C13H23N3O4. The van der Waals surface area contributed by atoms with Gasteiger partial charge in [0.05, 0.1) is 12.7 Å². The van der Waals surface area contributed by atoms with E-state index in [9.17, 15) is 14.7 Å². The monoisotopic (exact) mass is 285 g/mol. The number of urea groups is 1. The van der Waals surface area contributed by atoms with Crippen LogP contribution in [0.4, 0.5) is 4.79 Å². The third kappa shape index (κ3) is 3.61. The second-order valence-electron chi connectivity index (χ2n) is 5.68. The Morgan fingerprint density at radius 3 is 2.70 bits per heavy atom. The van der Waals surface area contributed by atoms with E-state index in [1.807, 2.05) is 7.05 Å². The Hall–Kier alpha value is -1.34. The fraction of sp³-hybridized carbons (Fsp3) is 0.846. The Morgan fingerprint density at radius 1 is 1.40 bits per heavy atom. The average Bonchev–Trinajstić information content (AvgIpc) is 2.86. The van der Waals surface area contributed by atoms with Crippen LogP contribution in [0.3, 0.4) is 0 Å². The van der Waals surface area contributed by atoms with Crippen LogP contribution in [0.25, 0.3) is 0 Å². The minimum absolute atomic E-state index is 0.0381. The van der Waals surface area contributed by atoms with Gasteiger partial charge in [-0.15, -0.1) is 0 Å². The van der Waals surface area contributed by atoms with Crippen LogP contribution in [0.15, 0.2) is 0 Å². The van der Waals surface area contributed by atoms with Crippen LogP contribution in [0.2, 0.25) is 0 Å². The molecule has 1 aliphatic heterocycles. The number of nitrogens with zero attached hydrogens (tertiary/aromatic N) is 1. The molecule has 0 bridgehead atoms. The first-order chi connectivity index (χ1) is 9.52. The molecule has 0 radical (unpaired) electrons. The fourth-order valence-corrected chi connectivity index (χ4v) is 2.83. The molecule has 2 fully saturated rings. The van der Waals surface area contributed by atoms with Gasteiger partial charge in [-0.05, 0) is 19.9 Å². The van der Waals surface area contributed by atoms with Crippen molar-refractivity contribution in [1.29, 1.82) is 0 Å². The van der Waals surface area contributed by atoms with Crippen LogP contribution in [0.5, 0.6) is 0 Å². The highest BCUT2D eigenvalue weighted by Crippen LogP contribution is 2.29. The molecule has 7 heteroatoms. The van der Waals surface area contributed by atoms with Crippen molar-refractivity contribution >= 4 is 12.0 Å².